The second kappa shape index (κ2) is 5.20. The molecule has 4 heteroatoms. The van der Waals surface area contributed by atoms with Gasteiger partial charge in [0.15, 0.2) is 0 Å². The molecule has 0 saturated heterocycles. The van der Waals surface area contributed by atoms with E-state index in [0.29, 0.717) is 18.4 Å². The topological polar surface area (TPSA) is 66.4 Å². The largest absolute Gasteiger partial charge is 0.481 e. The molecule has 2 N–H and O–H groups in total. The van der Waals surface area contributed by atoms with Crippen molar-refractivity contribution in [3.05, 3.63) is 48.0 Å². The summed E-state index contributed by atoms with van der Waals surface area (Å²) in [5.41, 5.74) is -0.173. The van der Waals surface area contributed by atoms with Gasteiger partial charge in [-0.05, 0) is 29.7 Å². The molecule has 1 fully saturated rings. The molecule has 2 aromatic carbocycles. The molecule has 108 valence electrons. The first-order valence-electron chi connectivity index (χ1n) is 7.12. The Bertz CT molecular complexity index is 699. The van der Waals surface area contributed by atoms with Crippen molar-refractivity contribution in [2.24, 2.45) is 5.41 Å². The predicted molar refractivity (Wildman–Crippen MR) is 80.2 cm³/mol. The summed E-state index contributed by atoms with van der Waals surface area (Å²) in [5, 5.41) is 14.0. The number of aliphatic carboxylic acids is 1. The lowest BCUT2D eigenvalue weighted by atomic mass is 9.69. The average Bonchev–Trinajstić information content (AvgIpc) is 2.45. The van der Waals surface area contributed by atoms with Crippen molar-refractivity contribution >= 4 is 22.6 Å². The molecule has 0 unspecified atom stereocenters. The maximum atomic E-state index is 12.4. The van der Waals surface area contributed by atoms with Crippen molar-refractivity contribution in [1.29, 1.82) is 0 Å². The lowest BCUT2D eigenvalue weighted by Crippen LogP contribution is -2.47. The molecule has 0 aromatic heterocycles. The summed E-state index contributed by atoms with van der Waals surface area (Å²) in [6, 6.07) is 13.2. The Hall–Kier alpha value is -2.36. The van der Waals surface area contributed by atoms with Crippen molar-refractivity contribution in [2.75, 3.05) is 6.54 Å². The fourth-order valence-corrected chi connectivity index (χ4v) is 2.84. The lowest BCUT2D eigenvalue weighted by Gasteiger charge is -2.37. The minimum atomic E-state index is -0.813. The van der Waals surface area contributed by atoms with E-state index in [-0.39, 0.29) is 12.5 Å². The molecule has 2 aromatic rings. The number of hydrogen-bond acceptors (Lipinski definition) is 2. The van der Waals surface area contributed by atoms with Crippen molar-refractivity contribution in [2.45, 2.75) is 19.3 Å². The molecule has 0 bridgehead atoms. The fraction of sp³-hybridized carbons (Fsp3) is 0.294. The Morgan fingerprint density at radius 2 is 1.81 bits per heavy atom. The zero-order valence-corrected chi connectivity index (χ0v) is 11.6. The molecule has 1 aliphatic carbocycles. The molecule has 0 radical (unpaired) electrons. The monoisotopic (exact) mass is 283 g/mol. The zero-order valence-electron chi connectivity index (χ0n) is 11.6. The Kier molecular flexibility index (Phi) is 3.37. The van der Waals surface area contributed by atoms with E-state index in [4.69, 9.17) is 0 Å². The molecule has 1 saturated carbocycles. The summed E-state index contributed by atoms with van der Waals surface area (Å²) in [7, 11) is 0. The van der Waals surface area contributed by atoms with Crippen LogP contribution in [-0.2, 0) is 4.79 Å². The van der Waals surface area contributed by atoms with Crippen LogP contribution in [0.3, 0.4) is 0 Å². The number of carbonyl (C=O) groups excluding carboxylic acids is 1. The summed E-state index contributed by atoms with van der Waals surface area (Å²) in [4.78, 5) is 23.7. The summed E-state index contributed by atoms with van der Waals surface area (Å²) in [6.07, 6.45) is 2.19. The molecule has 3 rings (SSSR count). The third-order valence-corrected chi connectivity index (χ3v) is 4.39. The summed E-state index contributed by atoms with van der Waals surface area (Å²) >= 11 is 0. The number of rotatable bonds is 4. The van der Waals surface area contributed by atoms with Gasteiger partial charge >= 0.3 is 5.97 Å². The number of nitrogens with one attached hydrogen (secondary N) is 1. The quantitative estimate of drug-likeness (QED) is 0.906. The first-order valence-corrected chi connectivity index (χ1v) is 7.12. The van der Waals surface area contributed by atoms with Gasteiger partial charge in [-0.1, -0.05) is 42.8 Å². The van der Waals surface area contributed by atoms with Crippen LogP contribution in [0.2, 0.25) is 0 Å². The van der Waals surface area contributed by atoms with E-state index in [1.807, 2.05) is 36.4 Å². The Balaban J connectivity index is 1.80. The van der Waals surface area contributed by atoms with Gasteiger partial charge in [0.25, 0.3) is 5.91 Å². The molecule has 21 heavy (non-hydrogen) atoms. The maximum Gasteiger partial charge on any atom is 0.311 e. The number of carboxylic acid groups (broad SMARTS) is 1. The number of carbonyl (C=O) groups is 2. The number of amides is 1. The minimum Gasteiger partial charge on any atom is -0.481 e. The van der Waals surface area contributed by atoms with Gasteiger partial charge in [-0.15, -0.1) is 0 Å². The van der Waals surface area contributed by atoms with Crippen molar-refractivity contribution in [3.63, 3.8) is 0 Å². The van der Waals surface area contributed by atoms with Gasteiger partial charge in [0.05, 0.1) is 5.41 Å². The van der Waals surface area contributed by atoms with Gasteiger partial charge < -0.3 is 10.4 Å². The van der Waals surface area contributed by atoms with Gasteiger partial charge in [0.1, 0.15) is 0 Å². The standard InChI is InChI=1S/C17H17NO3/c19-15(18-11-17(16(20)21)9-4-10-17)14-8-3-6-12-5-1-2-7-13(12)14/h1-3,5-8H,4,9-11H2,(H,18,19)(H,20,21). The summed E-state index contributed by atoms with van der Waals surface area (Å²) in [6.45, 7) is 0.199. The van der Waals surface area contributed by atoms with E-state index < -0.39 is 11.4 Å². The van der Waals surface area contributed by atoms with E-state index in [2.05, 4.69) is 5.32 Å². The van der Waals surface area contributed by atoms with Gasteiger partial charge in [-0.2, -0.15) is 0 Å². The van der Waals surface area contributed by atoms with Crippen LogP contribution in [0.5, 0.6) is 0 Å². The van der Waals surface area contributed by atoms with E-state index in [0.717, 1.165) is 17.2 Å². The van der Waals surface area contributed by atoms with E-state index >= 15 is 0 Å². The highest BCUT2D eigenvalue weighted by Gasteiger charge is 2.44. The SMILES string of the molecule is O=C(NCC1(C(=O)O)CCC1)c1cccc2ccccc12. The van der Waals surface area contributed by atoms with E-state index in [9.17, 15) is 14.7 Å². The number of benzene rings is 2. The molecule has 4 nitrogen and oxygen atoms in total. The van der Waals surface area contributed by atoms with Crippen molar-refractivity contribution in [3.8, 4) is 0 Å². The Morgan fingerprint density at radius 3 is 2.48 bits per heavy atom. The molecule has 0 spiro atoms. The van der Waals surface area contributed by atoms with E-state index in [1.54, 1.807) is 6.07 Å². The lowest BCUT2D eigenvalue weighted by molar-refractivity contribution is -0.153. The third kappa shape index (κ3) is 2.37. The number of fused-ring (bicyclic) bond motifs is 1. The number of hydrogen-bond donors (Lipinski definition) is 2. The highest BCUT2D eigenvalue weighted by molar-refractivity contribution is 6.07. The fourth-order valence-electron chi connectivity index (χ4n) is 2.84. The molecule has 1 amide bonds. The van der Waals surface area contributed by atoms with Crippen LogP contribution >= 0.6 is 0 Å². The van der Waals surface area contributed by atoms with E-state index in [1.165, 1.54) is 0 Å². The van der Waals surface area contributed by atoms with Crippen LogP contribution < -0.4 is 5.32 Å². The highest BCUT2D eigenvalue weighted by Crippen LogP contribution is 2.40. The molecule has 1 aliphatic rings. The molecule has 0 atom stereocenters. The van der Waals surface area contributed by atoms with Crippen LogP contribution in [0.1, 0.15) is 29.6 Å². The van der Waals surface area contributed by atoms with Gasteiger partial charge in [-0.3, -0.25) is 9.59 Å². The van der Waals surface area contributed by atoms with Crippen LogP contribution in [-0.4, -0.2) is 23.5 Å². The minimum absolute atomic E-state index is 0.199. The maximum absolute atomic E-state index is 12.4. The van der Waals surface area contributed by atoms with Crippen LogP contribution in [0, 0.1) is 5.41 Å². The first kappa shape index (κ1) is 13.6. The highest BCUT2D eigenvalue weighted by atomic mass is 16.4. The van der Waals surface area contributed by atoms with Crippen LogP contribution in [0.4, 0.5) is 0 Å². The smallest absolute Gasteiger partial charge is 0.311 e. The summed E-state index contributed by atoms with van der Waals surface area (Å²) < 4.78 is 0. The predicted octanol–water partition coefficient (Wildman–Crippen LogP) is 2.82. The van der Waals surface area contributed by atoms with Crippen molar-refractivity contribution in [1.82, 2.24) is 5.32 Å². The normalized spacial score (nSPS) is 16.2. The number of carboxylic acids is 1. The second-order valence-corrected chi connectivity index (χ2v) is 5.65. The molecular weight excluding hydrogens is 266 g/mol. The average molecular weight is 283 g/mol. The van der Waals surface area contributed by atoms with Crippen LogP contribution in [0.15, 0.2) is 42.5 Å². The van der Waals surface area contributed by atoms with Crippen molar-refractivity contribution < 1.29 is 14.7 Å². The Labute approximate surface area is 122 Å². The Morgan fingerprint density at radius 1 is 1.10 bits per heavy atom. The van der Waals surface area contributed by atoms with Crippen LogP contribution in [0.25, 0.3) is 10.8 Å². The van der Waals surface area contributed by atoms with Gasteiger partial charge in [0.2, 0.25) is 0 Å². The van der Waals surface area contributed by atoms with Gasteiger partial charge in [0, 0.05) is 12.1 Å². The zero-order chi connectivity index (χ0) is 14.9. The third-order valence-electron chi connectivity index (χ3n) is 4.39. The molecule has 0 heterocycles. The summed E-state index contributed by atoms with van der Waals surface area (Å²) in [5.74, 6) is -1.02. The second-order valence-electron chi connectivity index (χ2n) is 5.65. The molecule has 0 aliphatic heterocycles. The first-order chi connectivity index (χ1) is 10.1. The van der Waals surface area contributed by atoms with Gasteiger partial charge in [-0.25, -0.2) is 0 Å². The molecular formula is C17H17NO3.